The van der Waals surface area contributed by atoms with E-state index in [9.17, 15) is 4.79 Å². The van der Waals surface area contributed by atoms with Crippen LogP contribution in [0.5, 0.6) is 17.8 Å². The Hall–Kier alpha value is -4.61. The molecule has 4 aromatic rings. The van der Waals surface area contributed by atoms with E-state index in [0.29, 0.717) is 43.7 Å². The highest BCUT2D eigenvalue weighted by Crippen LogP contribution is 2.37. The number of carbonyl (C=O) groups excluding carboxylic acids is 1. The second-order valence-corrected chi connectivity index (χ2v) is 12.2. The molecule has 0 bridgehead atoms. The van der Waals surface area contributed by atoms with Crippen LogP contribution in [0.25, 0.3) is 0 Å². The van der Waals surface area contributed by atoms with E-state index in [1.807, 2.05) is 25.7 Å². The van der Waals surface area contributed by atoms with Gasteiger partial charge in [-0.05, 0) is 31.9 Å². The van der Waals surface area contributed by atoms with Crippen molar-refractivity contribution in [3.05, 3.63) is 102 Å². The van der Waals surface area contributed by atoms with E-state index in [-0.39, 0.29) is 36.0 Å². The molecular formula is C36H43N7O4. The summed E-state index contributed by atoms with van der Waals surface area (Å²) < 4.78 is 17.7. The van der Waals surface area contributed by atoms with Gasteiger partial charge < -0.3 is 19.1 Å². The zero-order valence-corrected chi connectivity index (χ0v) is 27.5. The number of amides is 1. The van der Waals surface area contributed by atoms with Crippen molar-refractivity contribution < 1.29 is 19.0 Å². The second kappa shape index (κ2) is 14.9. The molecule has 0 radical (unpaired) electrons. The van der Waals surface area contributed by atoms with Gasteiger partial charge in [-0.3, -0.25) is 19.6 Å². The van der Waals surface area contributed by atoms with Crippen molar-refractivity contribution in [3.63, 3.8) is 0 Å². The average molecular weight is 638 g/mol. The quantitative estimate of drug-likeness (QED) is 0.236. The summed E-state index contributed by atoms with van der Waals surface area (Å²) in [5.74, 6) is 0.905. The summed E-state index contributed by atoms with van der Waals surface area (Å²) in [7, 11) is 1.61. The van der Waals surface area contributed by atoms with E-state index in [0.717, 1.165) is 25.2 Å². The lowest BCUT2D eigenvalue weighted by Gasteiger charge is -2.53. The Labute approximate surface area is 276 Å². The minimum absolute atomic E-state index is 0.0714. The highest BCUT2D eigenvalue weighted by Gasteiger charge is 2.43. The van der Waals surface area contributed by atoms with E-state index in [1.54, 1.807) is 25.7 Å². The number of carbonyl (C=O) groups is 1. The number of ether oxygens (including phenoxy) is 3. The molecule has 47 heavy (non-hydrogen) atoms. The predicted molar refractivity (Wildman–Crippen MR) is 178 cm³/mol. The van der Waals surface area contributed by atoms with Gasteiger partial charge in [0, 0.05) is 69.7 Å². The number of nitrogens with zero attached hydrogens (tertiary/aromatic N) is 7. The van der Waals surface area contributed by atoms with Crippen molar-refractivity contribution in [1.82, 2.24) is 34.6 Å². The van der Waals surface area contributed by atoms with Gasteiger partial charge >= 0.3 is 6.01 Å². The van der Waals surface area contributed by atoms with Crippen LogP contribution in [-0.2, 0) is 6.54 Å². The number of rotatable bonds is 11. The molecule has 0 aliphatic carbocycles. The molecule has 11 heteroatoms. The molecule has 2 atom stereocenters. The zero-order chi connectivity index (χ0) is 32.8. The fourth-order valence-electron chi connectivity index (χ4n) is 6.82. The number of fused-ring (bicyclic) bond motifs is 1. The first-order valence-electron chi connectivity index (χ1n) is 16.3. The number of piperazine rings is 2. The molecule has 0 spiro atoms. The molecule has 2 aliphatic rings. The van der Waals surface area contributed by atoms with Crippen LogP contribution in [0, 0.1) is 0 Å². The largest absolute Gasteiger partial charge is 0.481 e. The molecule has 0 saturated carbocycles. The molecule has 11 nitrogen and oxygen atoms in total. The summed E-state index contributed by atoms with van der Waals surface area (Å²) in [5.41, 5.74) is 3.65. The van der Waals surface area contributed by atoms with Crippen LogP contribution in [0.3, 0.4) is 0 Å². The lowest BCUT2D eigenvalue weighted by molar-refractivity contribution is -0.0294. The summed E-state index contributed by atoms with van der Waals surface area (Å²) in [6, 6.07) is 21.9. The molecule has 2 aromatic heterocycles. The summed E-state index contributed by atoms with van der Waals surface area (Å²) in [6.45, 7) is 10.2. The van der Waals surface area contributed by atoms with Crippen LogP contribution < -0.4 is 14.2 Å². The first-order chi connectivity index (χ1) is 22.9. The fraction of sp³-hybridized carbons (Fsp3) is 0.417. The molecule has 6 rings (SSSR count). The normalized spacial score (nSPS) is 18.6. The zero-order valence-electron chi connectivity index (χ0n) is 27.5. The summed E-state index contributed by atoms with van der Waals surface area (Å²) in [5, 5.41) is 0. The van der Waals surface area contributed by atoms with Crippen LogP contribution in [0.4, 0.5) is 0 Å². The van der Waals surface area contributed by atoms with Gasteiger partial charge in [-0.2, -0.15) is 9.97 Å². The molecule has 2 saturated heterocycles. The van der Waals surface area contributed by atoms with Crippen LogP contribution in [0.15, 0.2) is 79.3 Å². The monoisotopic (exact) mass is 637 g/mol. The minimum Gasteiger partial charge on any atom is -0.481 e. The van der Waals surface area contributed by atoms with E-state index in [2.05, 4.69) is 90.4 Å². The highest BCUT2D eigenvalue weighted by atomic mass is 16.5. The molecule has 2 aromatic carbocycles. The lowest BCUT2D eigenvalue weighted by atomic mass is 9.81. The number of methoxy groups -OCH3 is 1. The Bertz CT molecular complexity index is 1570. The Balaban J connectivity index is 1.38. The van der Waals surface area contributed by atoms with Crippen molar-refractivity contribution in [2.45, 2.75) is 51.4 Å². The van der Waals surface area contributed by atoms with Crippen LogP contribution in [0.2, 0.25) is 0 Å². The molecule has 1 amide bonds. The molecule has 246 valence electrons. The third-order valence-electron chi connectivity index (χ3n) is 8.75. The number of hydrogen-bond donors (Lipinski definition) is 0. The van der Waals surface area contributed by atoms with Gasteiger partial charge in [-0.15, -0.1) is 0 Å². The van der Waals surface area contributed by atoms with E-state index in [4.69, 9.17) is 14.2 Å². The molecule has 0 N–H and O–H groups in total. The van der Waals surface area contributed by atoms with Crippen molar-refractivity contribution in [3.8, 4) is 17.8 Å². The SMILES string of the molecule is CCOc1nc(OC)c(CN2CC(C(c3ccccc3)c3ccccc3)N3CCN(C(=O)c4cnccn4)C[C@H]3C2)c(OC(C)C)n1. The smallest absolute Gasteiger partial charge is 0.323 e. The fourth-order valence-corrected chi connectivity index (χ4v) is 6.82. The number of benzene rings is 2. The molecule has 2 fully saturated rings. The third-order valence-corrected chi connectivity index (χ3v) is 8.75. The van der Waals surface area contributed by atoms with Crippen molar-refractivity contribution >= 4 is 5.91 Å². The average Bonchev–Trinajstić information content (AvgIpc) is 3.10. The Morgan fingerprint density at radius 1 is 0.915 bits per heavy atom. The Morgan fingerprint density at radius 2 is 1.62 bits per heavy atom. The number of aromatic nitrogens is 4. The first-order valence-corrected chi connectivity index (χ1v) is 16.3. The van der Waals surface area contributed by atoms with E-state index in [1.165, 1.54) is 11.1 Å². The van der Waals surface area contributed by atoms with Gasteiger partial charge in [0.25, 0.3) is 5.91 Å². The Kier molecular flexibility index (Phi) is 10.2. The molecule has 2 aliphatic heterocycles. The topological polar surface area (TPSA) is 106 Å². The van der Waals surface area contributed by atoms with E-state index < -0.39 is 0 Å². The maximum atomic E-state index is 13.6. The summed E-state index contributed by atoms with van der Waals surface area (Å²) in [4.78, 5) is 38.1. The molecule has 1 unspecified atom stereocenters. The summed E-state index contributed by atoms with van der Waals surface area (Å²) in [6.07, 6.45) is 4.59. The Morgan fingerprint density at radius 3 is 2.23 bits per heavy atom. The first kappa shape index (κ1) is 32.3. The van der Waals surface area contributed by atoms with Gasteiger partial charge in [-0.25, -0.2) is 4.98 Å². The van der Waals surface area contributed by atoms with Crippen LogP contribution in [-0.4, -0.2) is 105 Å². The molecular weight excluding hydrogens is 594 g/mol. The van der Waals surface area contributed by atoms with Crippen LogP contribution >= 0.6 is 0 Å². The lowest BCUT2D eigenvalue weighted by Crippen LogP contribution is -2.67. The van der Waals surface area contributed by atoms with Gasteiger partial charge in [0.15, 0.2) is 0 Å². The standard InChI is InChI=1S/C36H43N7O4/c1-5-46-36-39-33(45-4)29(34(40-36)47-25(2)3)23-41-21-28-22-42(35(44)30-20-37-16-17-38-30)18-19-43(28)31(24-41)32(26-12-8-6-9-13-26)27-14-10-7-11-15-27/h6-17,20,25,28,31-32H,5,18-19,21-24H2,1-4H3/t28-,31?/m1/s1. The van der Waals surface area contributed by atoms with Crippen molar-refractivity contribution in [2.24, 2.45) is 0 Å². The van der Waals surface area contributed by atoms with Gasteiger partial charge in [-0.1, -0.05) is 60.7 Å². The maximum Gasteiger partial charge on any atom is 0.323 e. The van der Waals surface area contributed by atoms with Crippen LogP contribution in [0.1, 0.15) is 53.9 Å². The van der Waals surface area contributed by atoms with Gasteiger partial charge in [0.05, 0.1) is 31.6 Å². The van der Waals surface area contributed by atoms with Crippen molar-refractivity contribution in [1.29, 1.82) is 0 Å². The van der Waals surface area contributed by atoms with Crippen molar-refractivity contribution in [2.75, 3.05) is 46.4 Å². The number of hydrogen-bond acceptors (Lipinski definition) is 10. The summed E-state index contributed by atoms with van der Waals surface area (Å²) >= 11 is 0. The predicted octanol–water partition coefficient (Wildman–Crippen LogP) is 4.30. The van der Waals surface area contributed by atoms with Gasteiger partial charge in [0.1, 0.15) is 5.69 Å². The van der Waals surface area contributed by atoms with Gasteiger partial charge in [0.2, 0.25) is 11.8 Å². The minimum atomic E-state index is -0.105. The third kappa shape index (κ3) is 7.36. The second-order valence-electron chi connectivity index (χ2n) is 12.2. The highest BCUT2D eigenvalue weighted by molar-refractivity contribution is 5.92. The molecule has 4 heterocycles. The van der Waals surface area contributed by atoms with E-state index >= 15 is 0 Å². The maximum absolute atomic E-state index is 13.6.